The van der Waals surface area contributed by atoms with Crippen LogP contribution in [0, 0.1) is 6.92 Å². The fraction of sp³-hybridized carbons (Fsp3) is 0.167. The van der Waals surface area contributed by atoms with E-state index in [0.717, 1.165) is 17.1 Å². The van der Waals surface area contributed by atoms with Crippen molar-refractivity contribution in [2.75, 3.05) is 5.32 Å². The summed E-state index contributed by atoms with van der Waals surface area (Å²) < 4.78 is 0. The SMILES string of the molecule is Cc1ccccc1Nc1ncncc1CN. The number of aromatic nitrogens is 2. The van der Waals surface area contributed by atoms with Gasteiger partial charge in [0.1, 0.15) is 12.1 Å². The number of hydrogen-bond donors (Lipinski definition) is 2. The topological polar surface area (TPSA) is 63.8 Å². The monoisotopic (exact) mass is 214 g/mol. The summed E-state index contributed by atoms with van der Waals surface area (Å²) in [6, 6.07) is 8.05. The first-order chi connectivity index (χ1) is 7.81. The molecule has 0 aliphatic carbocycles. The van der Waals surface area contributed by atoms with E-state index in [1.807, 2.05) is 31.2 Å². The zero-order valence-electron chi connectivity index (χ0n) is 9.14. The summed E-state index contributed by atoms with van der Waals surface area (Å²) in [5.74, 6) is 0.770. The summed E-state index contributed by atoms with van der Waals surface area (Å²) in [6.45, 7) is 2.47. The molecule has 1 aromatic carbocycles. The Bertz CT molecular complexity index is 482. The molecule has 1 aromatic heterocycles. The predicted octanol–water partition coefficient (Wildman–Crippen LogP) is 1.99. The van der Waals surface area contributed by atoms with Crippen molar-refractivity contribution in [3.63, 3.8) is 0 Å². The highest BCUT2D eigenvalue weighted by molar-refractivity contribution is 5.62. The highest BCUT2D eigenvalue weighted by Gasteiger charge is 2.03. The van der Waals surface area contributed by atoms with Gasteiger partial charge in [-0.15, -0.1) is 0 Å². The fourth-order valence-electron chi connectivity index (χ4n) is 1.46. The summed E-state index contributed by atoms with van der Waals surface area (Å²) in [5.41, 5.74) is 8.74. The molecule has 0 saturated carbocycles. The van der Waals surface area contributed by atoms with Crippen molar-refractivity contribution < 1.29 is 0 Å². The molecule has 0 atom stereocenters. The van der Waals surface area contributed by atoms with Crippen molar-refractivity contribution in [1.82, 2.24) is 9.97 Å². The summed E-state index contributed by atoms with van der Waals surface area (Å²) in [4.78, 5) is 8.13. The molecule has 0 spiro atoms. The van der Waals surface area contributed by atoms with Crippen molar-refractivity contribution in [2.24, 2.45) is 5.73 Å². The van der Waals surface area contributed by atoms with Gasteiger partial charge in [-0.1, -0.05) is 18.2 Å². The third kappa shape index (κ3) is 2.17. The lowest BCUT2D eigenvalue weighted by Gasteiger charge is -2.10. The fourth-order valence-corrected chi connectivity index (χ4v) is 1.46. The van der Waals surface area contributed by atoms with E-state index in [1.54, 1.807) is 6.20 Å². The molecule has 3 N–H and O–H groups in total. The number of para-hydroxylation sites is 1. The van der Waals surface area contributed by atoms with Gasteiger partial charge in [-0.3, -0.25) is 0 Å². The molecule has 82 valence electrons. The Kier molecular flexibility index (Phi) is 3.12. The third-order valence-electron chi connectivity index (χ3n) is 2.41. The largest absolute Gasteiger partial charge is 0.340 e. The van der Waals surface area contributed by atoms with E-state index in [9.17, 15) is 0 Å². The summed E-state index contributed by atoms with van der Waals surface area (Å²) in [6.07, 6.45) is 3.24. The summed E-state index contributed by atoms with van der Waals surface area (Å²) in [5, 5.41) is 3.26. The van der Waals surface area contributed by atoms with Gasteiger partial charge in [0.15, 0.2) is 0 Å². The van der Waals surface area contributed by atoms with E-state index < -0.39 is 0 Å². The van der Waals surface area contributed by atoms with Crippen molar-refractivity contribution in [1.29, 1.82) is 0 Å². The van der Waals surface area contributed by atoms with E-state index in [2.05, 4.69) is 15.3 Å². The maximum absolute atomic E-state index is 5.62. The maximum Gasteiger partial charge on any atom is 0.138 e. The highest BCUT2D eigenvalue weighted by Crippen LogP contribution is 2.20. The molecule has 4 heteroatoms. The molecule has 1 heterocycles. The number of nitrogens with two attached hydrogens (primary N) is 1. The zero-order chi connectivity index (χ0) is 11.4. The van der Waals surface area contributed by atoms with Gasteiger partial charge >= 0.3 is 0 Å². The normalized spacial score (nSPS) is 10.1. The van der Waals surface area contributed by atoms with Crippen LogP contribution in [0.3, 0.4) is 0 Å². The minimum Gasteiger partial charge on any atom is -0.340 e. The molecule has 0 bridgehead atoms. The number of hydrogen-bond acceptors (Lipinski definition) is 4. The Labute approximate surface area is 94.5 Å². The lowest BCUT2D eigenvalue weighted by molar-refractivity contribution is 1.01. The van der Waals surface area contributed by atoms with Crippen molar-refractivity contribution in [3.05, 3.63) is 47.9 Å². The van der Waals surface area contributed by atoms with Gasteiger partial charge in [0.2, 0.25) is 0 Å². The van der Waals surface area contributed by atoms with Crippen LogP contribution in [-0.2, 0) is 6.54 Å². The van der Waals surface area contributed by atoms with Crippen LogP contribution < -0.4 is 11.1 Å². The van der Waals surface area contributed by atoms with Crippen LogP contribution in [0.5, 0.6) is 0 Å². The molecular weight excluding hydrogens is 200 g/mol. The number of nitrogens with one attached hydrogen (secondary N) is 1. The second-order valence-electron chi connectivity index (χ2n) is 3.54. The van der Waals surface area contributed by atoms with Gasteiger partial charge in [0.25, 0.3) is 0 Å². The molecular formula is C12H14N4. The van der Waals surface area contributed by atoms with Gasteiger partial charge in [0, 0.05) is 24.0 Å². The van der Waals surface area contributed by atoms with E-state index in [0.29, 0.717) is 6.54 Å². The molecule has 0 radical (unpaired) electrons. The molecule has 16 heavy (non-hydrogen) atoms. The van der Waals surface area contributed by atoms with Gasteiger partial charge in [0.05, 0.1) is 0 Å². The van der Waals surface area contributed by atoms with Crippen LogP contribution in [0.4, 0.5) is 11.5 Å². The Hall–Kier alpha value is -1.94. The van der Waals surface area contributed by atoms with Crippen LogP contribution in [0.15, 0.2) is 36.8 Å². The molecule has 0 unspecified atom stereocenters. The van der Waals surface area contributed by atoms with Crippen LogP contribution in [0.25, 0.3) is 0 Å². The molecule has 0 aliphatic heterocycles. The molecule has 0 saturated heterocycles. The minimum absolute atomic E-state index is 0.426. The number of anilines is 2. The van der Waals surface area contributed by atoms with Crippen LogP contribution in [-0.4, -0.2) is 9.97 Å². The quantitative estimate of drug-likeness (QED) is 0.820. The average molecular weight is 214 g/mol. The van der Waals surface area contributed by atoms with Crippen LogP contribution >= 0.6 is 0 Å². The van der Waals surface area contributed by atoms with Gasteiger partial charge in [-0.05, 0) is 18.6 Å². The summed E-state index contributed by atoms with van der Waals surface area (Å²) in [7, 11) is 0. The Morgan fingerprint density at radius 3 is 2.88 bits per heavy atom. The Morgan fingerprint density at radius 1 is 1.31 bits per heavy atom. The number of rotatable bonds is 3. The van der Waals surface area contributed by atoms with Gasteiger partial charge in [-0.25, -0.2) is 9.97 Å². The van der Waals surface area contributed by atoms with E-state index >= 15 is 0 Å². The van der Waals surface area contributed by atoms with E-state index in [4.69, 9.17) is 5.73 Å². The van der Waals surface area contributed by atoms with Crippen molar-refractivity contribution >= 4 is 11.5 Å². The smallest absolute Gasteiger partial charge is 0.138 e. The highest BCUT2D eigenvalue weighted by atomic mass is 15.0. The molecule has 0 amide bonds. The molecule has 0 aliphatic rings. The Balaban J connectivity index is 2.30. The van der Waals surface area contributed by atoms with E-state index in [1.165, 1.54) is 11.9 Å². The second-order valence-corrected chi connectivity index (χ2v) is 3.54. The molecule has 4 nitrogen and oxygen atoms in total. The minimum atomic E-state index is 0.426. The predicted molar refractivity (Wildman–Crippen MR) is 64.4 cm³/mol. The second kappa shape index (κ2) is 4.72. The zero-order valence-corrected chi connectivity index (χ0v) is 9.14. The third-order valence-corrected chi connectivity index (χ3v) is 2.41. The average Bonchev–Trinajstić information content (AvgIpc) is 2.33. The van der Waals surface area contributed by atoms with Gasteiger partial charge in [-0.2, -0.15) is 0 Å². The Morgan fingerprint density at radius 2 is 2.12 bits per heavy atom. The maximum atomic E-state index is 5.62. The van der Waals surface area contributed by atoms with Crippen molar-refractivity contribution in [2.45, 2.75) is 13.5 Å². The standard InChI is InChI=1S/C12H14N4/c1-9-4-2-3-5-11(9)16-12-10(6-13)7-14-8-15-12/h2-5,7-8H,6,13H2,1H3,(H,14,15,16). The first kappa shape index (κ1) is 10.6. The molecule has 2 aromatic rings. The van der Waals surface area contributed by atoms with Gasteiger partial charge < -0.3 is 11.1 Å². The summed E-state index contributed by atoms with van der Waals surface area (Å²) >= 11 is 0. The van der Waals surface area contributed by atoms with E-state index in [-0.39, 0.29) is 0 Å². The number of aryl methyl sites for hydroxylation is 1. The van der Waals surface area contributed by atoms with Crippen LogP contribution in [0.2, 0.25) is 0 Å². The number of nitrogens with zero attached hydrogens (tertiary/aromatic N) is 2. The number of benzene rings is 1. The molecule has 0 fully saturated rings. The first-order valence-corrected chi connectivity index (χ1v) is 5.13. The lowest BCUT2D eigenvalue weighted by atomic mass is 10.2. The lowest BCUT2D eigenvalue weighted by Crippen LogP contribution is -2.05. The van der Waals surface area contributed by atoms with Crippen molar-refractivity contribution in [3.8, 4) is 0 Å². The first-order valence-electron chi connectivity index (χ1n) is 5.13. The van der Waals surface area contributed by atoms with Crippen LogP contribution in [0.1, 0.15) is 11.1 Å². The molecule has 2 rings (SSSR count).